The van der Waals surface area contributed by atoms with Crippen LogP contribution in [0.5, 0.6) is 0 Å². The van der Waals surface area contributed by atoms with Gasteiger partial charge in [0.15, 0.2) is 23.3 Å². The second-order valence-corrected chi connectivity index (χ2v) is 9.28. The molecule has 0 aliphatic carbocycles. The van der Waals surface area contributed by atoms with E-state index >= 15 is 0 Å². The maximum atomic E-state index is 12.8. The number of hydrogen-bond acceptors (Lipinski definition) is 10. The number of aliphatic imine (C=N–C) groups is 1. The number of nitrogens with zero attached hydrogens (tertiary/aromatic N) is 7. The summed E-state index contributed by atoms with van der Waals surface area (Å²) in [6, 6.07) is 0.964. The average molecular weight is 463 g/mol. The highest BCUT2D eigenvalue weighted by Crippen LogP contribution is 2.27. The van der Waals surface area contributed by atoms with Gasteiger partial charge in [-0.3, -0.25) is 15.0 Å². The molecule has 2 unspecified atom stereocenters. The van der Waals surface area contributed by atoms with E-state index in [0.29, 0.717) is 18.8 Å². The summed E-state index contributed by atoms with van der Waals surface area (Å²) in [5.74, 6) is 1.12. The Bertz CT molecular complexity index is 885. The Hall–Kier alpha value is -2.44. The van der Waals surface area contributed by atoms with E-state index in [-0.39, 0.29) is 12.5 Å². The number of piperazine rings is 1. The van der Waals surface area contributed by atoms with E-state index in [1.165, 1.54) is 4.90 Å². The van der Waals surface area contributed by atoms with Crippen molar-refractivity contribution in [2.45, 2.75) is 31.2 Å². The predicted octanol–water partition coefficient (Wildman–Crippen LogP) is -0.657. The predicted molar refractivity (Wildman–Crippen MR) is 120 cm³/mol. The maximum Gasteiger partial charge on any atom is 0.325 e. The van der Waals surface area contributed by atoms with Crippen LogP contribution in [0, 0.1) is 13.8 Å². The van der Waals surface area contributed by atoms with Gasteiger partial charge in [0, 0.05) is 63.5 Å². The van der Waals surface area contributed by atoms with Gasteiger partial charge in [-0.2, -0.15) is 0 Å². The Balaban J connectivity index is 1.49. The van der Waals surface area contributed by atoms with Crippen molar-refractivity contribution in [1.29, 1.82) is 0 Å². The molecule has 3 amide bonds. The van der Waals surface area contributed by atoms with E-state index < -0.39 is 18.2 Å². The molecule has 2 fully saturated rings. The number of amides is 3. The van der Waals surface area contributed by atoms with Crippen molar-refractivity contribution in [3.05, 3.63) is 17.5 Å². The molecule has 32 heavy (non-hydrogen) atoms. The lowest BCUT2D eigenvalue weighted by Crippen LogP contribution is -2.64. The highest BCUT2D eigenvalue weighted by atomic mass is 32.2. The molecule has 174 valence electrons. The van der Waals surface area contributed by atoms with Gasteiger partial charge in [0.05, 0.1) is 6.61 Å². The second-order valence-electron chi connectivity index (χ2n) is 8.22. The minimum absolute atomic E-state index is 0.141. The molecule has 0 aromatic carbocycles. The Morgan fingerprint density at radius 3 is 2.47 bits per heavy atom. The average Bonchev–Trinajstić information content (AvgIpc) is 3.12. The molecule has 4 heterocycles. The van der Waals surface area contributed by atoms with Crippen molar-refractivity contribution in [3.63, 3.8) is 0 Å². The number of nitrogens with one attached hydrogen (secondary N) is 1. The summed E-state index contributed by atoms with van der Waals surface area (Å²) in [7, 11) is 1.67. The Kier molecular flexibility index (Phi) is 6.82. The molecule has 3 aliphatic heterocycles. The van der Waals surface area contributed by atoms with Crippen molar-refractivity contribution >= 4 is 29.7 Å². The minimum Gasteiger partial charge on any atom is -0.395 e. The quantitative estimate of drug-likeness (QED) is 0.420. The topological polar surface area (TPSA) is 118 Å². The molecule has 1 aromatic rings. The zero-order valence-corrected chi connectivity index (χ0v) is 19.5. The Labute approximate surface area is 191 Å². The fourth-order valence-corrected chi connectivity index (χ4v) is 5.21. The van der Waals surface area contributed by atoms with Crippen LogP contribution < -0.4 is 5.32 Å². The minimum atomic E-state index is -0.552. The molecule has 0 radical (unpaired) electrons. The van der Waals surface area contributed by atoms with E-state index in [1.54, 1.807) is 18.8 Å². The molecule has 0 spiro atoms. The number of likely N-dealkylation sites (N-methyl/N-ethyl adjacent to an activating group) is 1. The summed E-state index contributed by atoms with van der Waals surface area (Å²) in [5, 5.41) is 12.4. The number of β-amino-alcohol motifs (C(OH)–C–C–N with tert-alkyl or cyclic N) is 1. The van der Waals surface area contributed by atoms with Crippen LogP contribution in [0.4, 0.5) is 4.79 Å². The van der Waals surface area contributed by atoms with Crippen molar-refractivity contribution in [2.75, 3.05) is 58.7 Å². The summed E-state index contributed by atoms with van der Waals surface area (Å²) in [6.45, 7) is 8.40. The molecular formula is C20H30N8O3S. The lowest BCUT2D eigenvalue weighted by atomic mass is 10.1. The number of carbonyl (C=O) groups is 2. The third-order valence-corrected chi connectivity index (χ3v) is 6.76. The van der Waals surface area contributed by atoms with E-state index in [2.05, 4.69) is 25.1 Å². The largest absolute Gasteiger partial charge is 0.395 e. The van der Waals surface area contributed by atoms with Crippen LogP contribution in [0.15, 0.2) is 16.2 Å². The zero-order valence-electron chi connectivity index (χ0n) is 18.7. The van der Waals surface area contributed by atoms with Crippen LogP contribution in [-0.2, 0) is 4.79 Å². The van der Waals surface area contributed by atoms with Crippen molar-refractivity contribution in [3.8, 4) is 0 Å². The number of urea groups is 1. The molecule has 12 heteroatoms. The van der Waals surface area contributed by atoms with Crippen LogP contribution >= 0.6 is 11.8 Å². The van der Waals surface area contributed by atoms with Crippen LogP contribution in [-0.4, -0.2) is 123 Å². The molecule has 0 bridgehead atoms. The number of fused-ring (bicyclic) bond motifs is 1. The van der Waals surface area contributed by atoms with Crippen molar-refractivity contribution in [2.24, 2.45) is 4.99 Å². The zero-order chi connectivity index (χ0) is 22.8. The van der Waals surface area contributed by atoms with Crippen LogP contribution in [0.25, 0.3) is 0 Å². The van der Waals surface area contributed by atoms with Gasteiger partial charge in [0.25, 0.3) is 5.91 Å². The van der Waals surface area contributed by atoms with Gasteiger partial charge >= 0.3 is 6.03 Å². The number of thioether (sulfide) groups is 1. The first-order valence-corrected chi connectivity index (χ1v) is 11.8. The molecule has 2 atom stereocenters. The fraction of sp³-hybridized carbons (Fsp3) is 0.650. The number of hydrogen-bond donors (Lipinski definition) is 2. The lowest BCUT2D eigenvalue weighted by Gasteiger charge is -2.40. The normalized spacial score (nSPS) is 24.0. The van der Waals surface area contributed by atoms with Gasteiger partial charge in [0.1, 0.15) is 0 Å². The number of aliphatic hydroxyl groups excluding tert-OH is 1. The van der Waals surface area contributed by atoms with Crippen LogP contribution in [0.1, 0.15) is 11.4 Å². The third-order valence-electron chi connectivity index (χ3n) is 5.94. The monoisotopic (exact) mass is 462 g/mol. The summed E-state index contributed by atoms with van der Waals surface area (Å²) >= 11 is 1.55. The van der Waals surface area contributed by atoms with Crippen LogP contribution in [0.2, 0.25) is 0 Å². The van der Waals surface area contributed by atoms with Crippen LogP contribution in [0.3, 0.4) is 0 Å². The number of aliphatic hydroxyl groups is 1. The van der Waals surface area contributed by atoms with Gasteiger partial charge in [-0.15, -0.1) is 0 Å². The third kappa shape index (κ3) is 4.66. The molecule has 1 aromatic heterocycles. The highest BCUT2D eigenvalue weighted by Gasteiger charge is 2.49. The van der Waals surface area contributed by atoms with E-state index in [4.69, 9.17) is 4.99 Å². The number of aromatic nitrogens is 2. The summed E-state index contributed by atoms with van der Waals surface area (Å²) < 4.78 is 0. The van der Waals surface area contributed by atoms with Gasteiger partial charge < -0.3 is 19.8 Å². The maximum absolute atomic E-state index is 12.8. The van der Waals surface area contributed by atoms with E-state index in [0.717, 1.165) is 48.7 Å². The van der Waals surface area contributed by atoms with E-state index in [9.17, 15) is 14.7 Å². The van der Waals surface area contributed by atoms with Gasteiger partial charge in [0.2, 0.25) is 0 Å². The number of aryl methyl sites for hydroxylation is 2. The molecule has 4 rings (SSSR count). The first-order valence-electron chi connectivity index (χ1n) is 10.8. The fourth-order valence-electron chi connectivity index (χ4n) is 4.32. The smallest absolute Gasteiger partial charge is 0.325 e. The highest BCUT2D eigenvalue weighted by molar-refractivity contribution is 7.99. The number of rotatable bonds is 6. The summed E-state index contributed by atoms with van der Waals surface area (Å²) in [5.41, 5.74) is 1.85. The second kappa shape index (κ2) is 9.59. The van der Waals surface area contributed by atoms with Gasteiger partial charge in [-0.25, -0.2) is 19.8 Å². The SMILES string of the molecule is Cc1cc(C)nc(SCCN2C(N3CCN(CCO)CC3)=NC3C2C(=O)NC(=O)N3C)n1. The Morgan fingerprint density at radius 1 is 1.12 bits per heavy atom. The number of guanidine groups is 1. The standard InChI is InChI=1S/C20H30N8O3S/c1-13-12-14(2)22-18(21-13)32-11-9-28-15-16(25(3)20(31)24-17(15)30)23-19(28)27-6-4-26(5-7-27)8-10-29/h12,15-16,29H,4-11H2,1-3H3,(H,24,30,31). The number of carbonyl (C=O) groups excluding carboxylic acids is 2. The first kappa shape index (κ1) is 22.7. The molecule has 0 saturated carbocycles. The first-order chi connectivity index (χ1) is 15.4. The Morgan fingerprint density at radius 2 is 1.81 bits per heavy atom. The summed E-state index contributed by atoms with van der Waals surface area (Å²) in [6.07, 6.45) is -0.538. The van der Waals surface area contributed by atoms with Crippen molar-refractivity contribution in [1.82, 2.24) is 34.9 Å². The summed E-state index contributed by atoms with van der Waals surface area (Å²) in [4.78, 5) is 46.6. The van der Waals surface area contributed by atoms with E-state index in [1.807, 2.05) is 24.8 Å². The molecule has 3 aliphatic rings. The molecule has 11 nitrogen and oxygen atoms in total. The number of imide groups is 1. The molecule has 2 saturated heterocycles. The molecular weight excluding hydrogens is 432 g/mol. The van der Waals surface area contributed by atoms with Gasteiger partial charge in [-0.1, -0.05) is 11.8 Å². The van der Waals surface area contributed by atoms with Crippen molar-refractivity contribution < 1.29 is 14.7 Å². The lowest BCUT2D eigenvalue weighted by molar-refractivity contribution is -0.127. The van der Waals surface area contributed by atoms with Gasteiger partial charge in [-0.05, 0) is 19.9 Å². The molecule has 2 N–H and O–H groups in total.